The molecule has 0 saturated carbocycles. The Morgan fingerprint density at radius 3 is 2.59 bits per heavy atom. The molecule has 17 heavy (non-hydrogen) atoms. The maximum Gasteiger partial charge on any atom is 0.200 e. The summed E-state index contributed by atoms with van der Waals surface area (Å²) in [6.07, 6.45) is 2.38. The van der Waals surface area contributed by atoms with Gasteiger partial charge in [-0.15, -0.1) is 0 Å². The maximum absolute atomic E-state index is 4.65. The van der Waals surface area contributed by atoms with Gasteiger partial charge in [0.2, 0.25) is 5.96 Å². The third kappa shape index (κ3) is 4.24. The van der Waals surface area contributed by atoms with E-state index in [4.69, 9.17) is 0 Å². The van der Waals surface area contributed by atoms with Crippen LogP contribution in [0.5, 0.6) is 0 Å². The Balaban J connectivity index is 2.72. The first-order valence-corrected chi connectivity index (χ1v) is 6.32. The standard InChI is InChI=1S/C12H25N5/c1-6-7-8-17(5)12-14-10(2)9-13-11(15-12)16(3)4/h10H,6-9H2,1-5H3,(H,13,14,15). The lowest BCUT2D eigenvalue weighted by atomic mass is 10.3. The Morgan fingerprint density at radius 1 is 1.29 bits per heavy atom. The minimum atomic E-state index is 0.235. The fourth-order valence-corrected chi connectivity index (χ4v) is 1.59. The summed E-state index contributed by atoms with van der Waals surface area (Å²) in [6.45, 7) is 6.06. The van der Waals surface area contributed by atoms with Crippen LogP contribution in [0, 0.1) is 0 Å². The van der Waals surface area contributed by atoms with Crippen LogP contribution in [0.1, 0.15) is 26.7 Å². The van der Waals surface area contributed by atoms with Crippen molar-refractivity contribution in [1.82, 2.24) is 15.1 Å². The summed E-state index contributed by atoms with van der Waals surface area (Å²) in [5.74, 6) is 1.81. The molecule has 5 nitrogen and oxygen atoms in total. The average molecular weight is 239 g/mol. The number of hydrogen-bond acceptors (Lipinski definition) is 5. The lowest BCUT2D eigenvalue weighted by molar-refractivity contribution is 0.467. The first kappa shape index (κ1) is 13.8. The molecule has 0 saturated heterocycles. The second-order valence-corrected chi connectivity index (χ2v) is 4.76. The summed E-state index contributed by atoms with van der Waals surface area (Å²) in [4.78, 5) is 13.3. The first-order chi connectivity index (χ1) is 8.04. The molecule has 0 fully saturated rings. The zero-order valence-corrected chi connectivity index (χ0v) is 11.7. The van der Waals surface area contributed by atoms with E-state index < -0.39 is 0 Å². The van der Waals surface area contributed by atoms with E-state index in [1.165, 1.54) is 12.8 Å². The Morgan fingerprint density at radius 2 is 2.00 bits per heavy atom. The summed E-state index contributed by atoms with van der Waals surface area (Å²) in [6, 6.07) is 0.235. The van der Waals surface area contributed by atoms with Crippen LogP contribution in [-0.4, -0.2) is 62.0 Å². The van der Waals surface area contributed by atoms with Crippen LogP contribution in [0.2, 0.25) is 0 Å². The molecule has 1 unspecified atom stereocenters. The van der Waals surface area contributed by atoms with E-state index >= 15 is 0 Å². The molecule has 1 heterocycles. The van der Waals surface area contributed by atoms with Crippen molar-refractivity contribution in [2.24, 2.45) is 9.98 Å². The largest absolute Gasteiger partial charge is 0.349 e. The second kappa shape index (κ2) is 6.47. The lowest BCUT2D eigenvalue weighted by Crippen LogP contribution is -2.46. The molecular formula is C12H25N5. The number of nitrogens with one attached hydrogen (secondary N) is 1. The quantitative estimate of drug-likeness (QED) is 0.798. The smallest absolute Gasteiger partial charge is 0.200 e. The molecule has 0 radical (unpaired) electrons. The van der Waals surface area contributed by atoms with Crippen molar-refractivity contribution in [3.8, 4) is 0 Å². The van der Waals surface area contributed by atoms with Gasteiger partial charge in [-0.05, 0) is 13.3 Å². The van der Waals surface area contributed by atoms with Crippen LogP contribution in [0.3, 0.4) is 0 Å². The molecule has 0 spiro atoms. The highest BCUT2D eigenvalue weighted by Gasteiger charge is 2.15. The highest BCUT2D eigenvalue weighted by Crippen LogP contribution is 2.01. The van der Waals surface area contributed by atoms with E-state index in [1.54, 1.807) is 0 Å². The number of guanidine groups is 2. The Labute approximate surface area is 105 Å². The third-order valence-corrected chi connectivity index (χ3v) is 2.70. The molecule has 1 N–H and O–H groups in total. The summed E-state index contributed by atoms with van der Waals surface area (Å²) in [5, 5.41) is 3.31. The summed E-state index contributed by atoms with van der Waals surface area (Å²) in [5.41, 5.74) is 0. The van der Waals surface area contributed by atoms with Crippen molar-refractivity contribution in [2.75, 3.05) is 34.2 Å². The normalized spacial score (nSPS) is 19.9. The van der Waals surface area contributed by atoms with Crippen molar-refractivity contribution in [3.05, 3.63) is 0 Å². The van der Waals surface area contributed by atoms with Crippen LogP contribution < -0.4 is 5.32 Å². The van der Waals surface area contributed by atoms with Crippen LogP contribution in [0.4, 0.5) is 0 Å². The van der Waals surface area contributed by atoms with E-state index in [2.05, 4.69) is 41.1 Å². The molecule has 0 aromatic rings. The fraction of sp³-hybridized carbons (Fsp3) is 0.833. The van der Waals surface area contributed by atoms with Crippen LogP contribution >= 0.6 is 0 Å². The van der Waals surface area contributed by atoms with Gasteiger partial charge in [-0.2, -0.15) is 0 Å². The van der Waals surface area contributed by atoms with Gasteiger partial charge in [0.25, 0.3) is 0 Å². The molecule has 1 atom stereocenters. The molecule has 0 aromatic carbocycles. The maximum atomic E-state index is 4.65. The van der Waals surface area contributed by atoms with E-state index in [0.29, 0.717) is 0 Å². The lowest BCUT2D eigenvalue weighted by Gasteiger charge is -2.24. The number of hydrogen-bond donors (Lipinski definition) is 1. The molecule has 1 rings (SSSR count). The Kier molecular flexibility index (Phi) is 5.25. The highest BCUT2D eigenvalue weighted by atomic mass is 15.4. The van der Waals surface area contributed by atoms with Crippen molar-refractivity contribution in [3.63, 3.8) is 0 Å². The highest BCUT2D eigenvalue weighted by molar-refractivity contribution is 5.98. The van der Waals surface area contributed by atoms with Crippen molar-refractivity contribution < 1.29 is 0 Å². The Bertz CT molecular complexity index is 295. The summed E-state index contributed by atoms with van der Waals surface area (Å²) in [7, 11) is 6.06. The number of aliphatic imine (C=N–C) groups is 2. The summed E-state index contributed by atoms with van der Waals surface area (Å²) >= 11 is 0. The van der Waals surface area contributed by atoms with Gasteiger partial charge in [0.1, 0.15) is 0 Å². The first-order valence-electron chi connectivity index (χ1n) is 6.32. The van der Waals surface area contributed by atoms with Crippen molar-refractivity contribution in [1.29, 1.82) is 0 Å². The van der Waals surface area contributed by atoms with Gasteiger partial charge < -0.3 is 9.80 Å². The fourth-order valence-electron chi connectivity index (χ4n) is 1.59. The zero-order valence-electron chi connectivity index (χ0n) is 11.7. The van der Waals surface area contributed by atoms with Gasteiger partial charge in [0.15, 0.2) is 5.96 Å². The topological polar surface area (TPSA) is 43.2 Å². The number of nitrogens with zero attached hydrogens (tertiary/aromatic N) is 4. The van der Waals surface area contributed by atoms with Crippen molar-refractivity contribution >= 4 is 11.9 Å². The predicted octanol–water partition coefficient (Wildman–Crippen LogP) is 0.984. The molecule has 0 bridgehead atoms. The predicted molar refractivity (Wildman–Crippen MR) is 73.6 cm³/mol. The number of rotatable bonds is 3. The van der Waals surface area contributed by atoms with Gasteiger partial charge in [0.05, 0.1) is 12.6 Å². The molecule has 0 amide bonds. The SMILES string of the molecule is CCCCN(C)C1=NC(C)CN=C(N(C)C)N1. The minimum absolute atomic E-state index is 0.235. The van der Waals surface area contributed by atoms with Gasteiger partial charge in [-0.3, -0.25) is 10.3 Å². The van der Waals surface area contributed by atoms with Gasteiger partial charge >= 0.3 is 0 Å². The van der Waals surface area contributed by atoms with Gasteiger partial charge in [0, 0.05) is 27.7 Å². The summed E-state index contributed by atoms with van der Waals surface area (Å²) < 4.78 is 0. The molecule has 0 aromatic heterocycles. The monoisotopic (exact) mass is 239 g/mol. The minimum Gasteiger partial charge on any atom is -0.349 e. The van der Waals surface area contributed by atoms with Gasteiger partial charge in [-0.25, -0.2) is 4.99 Å². The molecule has 5 heteroatoms. The molecule has 98 valence electrons. The molecule has 0 aliphatic carbocycles. The van der Waals surface area contributed by atoms with Crippen molar-refractivity contribution in [2.45, 2.75) is 32.7 Å². The van der Waals surface area contributed by atoms with E-state index in [-0.39, 0.29) is 6.04 Å². The third-order valence-electron chi connectivity index (χ3n) is 2.70. The number of unbranched alkanes of at least 4 members (excludes halogenated alkanes) is 1. The second-order valence-electron chi connectivity index (χ2n) is 4.76. The Hall–Kier alpha value is -1.26. The van der Waals surface area contributed by atoms with E-state index in [0.717, 1.165) is 25.0 Å². The molecular weight excluding hydrogens is 214 g/mol. The van der Waals surface area contributed by atoms with Gasteiger partial charge in [-0.1, -0.05) is 13.3 Å². The van der Waals surface area contributed by atoms with E-state index in [1.807, 2.05) is 19.0 Å². The van der Waals surface area contributed by atoms with Crippen LogP contribution in [0.15, 0.2) is 9.98 Å². The molecule has 1 aliphatic heterocycles. The van der Waals surface area contributed by atoms with Crippen LogP contribution in [0.25, 0.3) is 0 Å². The zero-order chi connectivity index (χ0) is 12.8. The molecule has 1 aliphatic rings. The van der Waals surface area contributed by atoms with E-state index in [9.17, 15) is 0 Å². The average Bonchev–Trinajstić information content (AvgIpc) is 2.48. The van der Waals surface area contributed by atoms with Crippen LogP contribution in [-0.2, 0) is 0 Å².